The van der Waals surface area contributed by atoms with Crippen molar-refractivity contribution in [3.63, 3.8) is 0 Å². The average Bonchev–Trinajstić information content (AvgIpc) is 2.04. The molecule has 1 aliphatic heterocycles. The minimum atomic E-state index is 0.513. The molecule has 1 rings (SSSR count). The molecule has 0 saturated carbocycles. The number of hydrogen-bond acceptors (Lipinski definition) is 1. The molecule has 0 amide bonds. The first-order valence-electron chi connectivity index (χ1n) is 5.24. The van der Waals surface area contributed by atoms with Gasteiger partial charge in [0.15, 0.2) is 0 Å². The van der Waals surface area contributed by atoms with Gasteiger partial charge in [-0.05, 0) is 30.6 Å². The van der Waals surface area contributed by atoms with E-state index >= 15 is 0 Å². The Kier molecular flexibility index (Phi) is 3.57. The van der Waals surface area contributed by atoms with Crippen LogP contribution in [0.5, 0.6) is 0 Å². The van der Waals surface area contributed by atoms with Gasteiger partial charge in [0, 0.05) is 6.61 Å². The van der Waals surface area contributed by atoms with Gasteiger partial charge < -0.3 is 4.74 Å². The summed E-state index contributed by atoms with van der Waals surface area (Å²) < 4.78 is 5.81. The number of rotatable bonds is 2. The Morgan fingerprint density at radius 3 is 2.17 bits per heavy atom. The van der Waals surface area contributed by atoms with Crippen molar-refractivity contribution < 1.29 is 4.74 Å². The molecule has 0 unspecified atom stereocenters. The molecule has 0 aromatic rings. The molecule has 0 aliphatic carbocycles. The van der Waals surface area contributed by atoms with Gasteiger partial charge in [0.2, 0.25) is 0 Å². The second kappa shape index (κ2) is 4.27. The van der Waals surface area contributed by atoms with Gasteiger partial charge in [0.05, 0.1) is 6.10 Å². The molecule has 72 valence electrons. The fraction of sp³-hybridized carbons (Fsp3) is 1.00. The monoisotopic (exact) mass is 170 g/mol. The highest BCUT2D eigenvalue weighted by molar-refractivity contribution is 4.79. The molecule has 0 bridgehead atoms. The first-order chi connectivity index (χ1) is 5.63. The Morgan fingerprint density at radius 2 is 1.75 bits per heavy atom. The average molecular weight is 170 g/mol. The summed E-state index contributed by atoms with van der Waals surface area (Å²) in [4.78, 5) is 0. The van der Waals surface area contributed by atoms with Crippen LogP contribution in [0.15, 0.2) is 0 Å². The Balaban J connectivity index is 2.54. The van der Waals surface area contributed by atoms with Gasteiger partial charge in [0.1, 0.15) is 0 Å². The van der Waals surface area contributed by atoms with Crippen LogP contribution in [0.4, 0.5) is 0 Å². The Bertz CT molecular complexity index is 113. The second-order valence-corrected chi connectivity index (χ2v) is 4.63. The fourth-order valence-electron chi connectivity index (χ4n) is 2.23. The third-order valence-corrected chi connectivity index (χ3v) is 2.93. The van der Waals surface area contributed by atoms with Crippen LogP contribution >= 0.6 is 0 Å². The zero-order chi connectivity index (χ0) is 9.14. The molecule has 1 saturated heterocycles. The Morgan fingerprint density at radius 1 is 1.08 bits per heavy atom. The van der Waals surface area contributed by atoms with Crippen molar-refractivity contribution in [2.45, 2.75) is 46.6 Å². The van der Waals surface area contributed by atoms with Gasteiger partial charge in [-0.3, -0.25) is 0 Å². The first-order valence-corrected chi connectivity index (χ1v) is 5.24. The lowest BCUT2D eigenvalue weighted by atomic mass is 9.80. The van der Waals surface area contributed by atoms with Gasteiger partial charge in [0.25, 0.3) is 0 Å². The summed E-state index contributed by atoms with van der Waals surface area (Å²) in [5, 5.41) is 0. The van der Waals surface area contributed by atoms with Crippen LogP contribution in [0, 0.1) is 17.8 Å². The van der Waals surface area contributed by atoms with Gasteiger partial charge >= 0.3 is 0 Å². The van der Waals surface area contributed by atoms with E-state index in [0.717, 1.165) is 18.4 Å². The predicted molar refractivity (Wildman–Crippen MR) is 52.1 cm³/mol. The highest BCUT2D eigenvalue weighted by Crippen LogP contribution is 2.31. The number of hydrogen-bond donors (Lipinski definition) is 0. The van der Waals surface area contributed by atoms with Crippen LogP contribution in [0.1, 0.15) is 40.5 Å². The molecule has 1 fully saturated rings. The Labute approximate surface area is 76.5 Å². The normalized spacial score (nSPS) is 31.5. The first kappa shape index (κ1) is 10.0. The van der Waals surface area contributed by atoms with E-state index in [9.17, 15) is 0 Å². The molecule has 0 radical (unpaired) electrons. The topological polar surface area (TPSA) is 9.23 Å². The van der Waals surface area contributed by atoms with Crippen LogP contribution < -0.4 is 0 Å². The highest BCUT2D eigenvalue weighted by atomic mass is 16.5. The van der Waals surface area contributed by atoms with E-state index in [1.165, 1.54) is 12.8 Å². The lowest BCUT2D eigenvalue weighted by molar-refractivity contribution is -0.0662. The van der Waals surface area contributed by atoms with Crippen LogP contribution in [0.25, 0.3) is 0 Å². The van der Waals surface area contributed by atoms with Crippen molar-refractivity contribution in [2.24, 2.45) is 17.8 Å². The maximum Gasteiger partial charge on any atom is 0.0628 e. The molecular formula is C11H22O. The van der Waals surface area contributed by atoms with Gasteiger partial charge in [-0.2, -0.15) is 0 Å². The molecule has 1 heteroatoms. The van der Waals surface area contributed by atoms with Crippen molar-refractivity contribution in [1.82, 2.24) is 0 Å². The minimum Gasteiger partial charge on any atom is -0.378 e. The summed E-state index contributed by atoms with van der Waals surface area (Å²) in [5.74, 6) is 2.24. The summed E-state index contributed by atoms with van der Waals surface area (Å²) >= 11 is 0. The smallest absolute Gasteiger partial charge is 0.0628 e. The molecule has 1 heterocycles. The molecule has 0 spiro atoms. The number of ether oxygens (including phenoxy) is 1. The SMILES string of the molecule is CC(C)[C@H]1CCCO[C@@H]1C(C)C. The van der Waals surface area contributed by atoms with Crippen molar-refractivity contribution >= 4 is 0 Å². The summed E-state index contributed by atoms with van der Waals surface area (Å²) in [5.41, 5.74) is 0. The molecule has 2 atom stereocenters. The van der Waals surface area contributed by atoms with E-state index in [1.807, 2.05) is 0 Å². The zero-order valence-corrected chi connectivity index (χ0v) is 8.84. The molecule has 12 heavy (non-hydrogen) atoms. The van der Waals surface area contributed by atoms with Gasteiger partial charge in [-0.1, -0.05) is 27.7 Å². The van der Waals surface area contributed by atoms with Gasteiger partial charge in [-0.25, -0.2) is 0 Å². The third-order valence-electron chi connectivity index (χ3n) is 2.93. The molecule has 0 N–H and O–H groups in total. The van der Waals surface area contributed by atoms with Crippen LogP contribution in [0.3, 0.4) is 0 Å². The zero-order valence-electron chi connectivity index (χ0n) is 8.84. The van der Waals surface area contributed by atoms with Crippen molar-refractivity contribution in [3.8, 4) is 0 Å². The quantitative estimate of drug-likeness (QED) is 0.619. The van der Waals surface area contributed by atoms with Crippen molar-refractivity contribution in [1.29, 1.82) is 0 Å². The lowest BCUT2D eigenvalue weighted by Gasteiger charge is -2.36. The van der Waals surface area contributed by atoms with E-state index in [-0.39, 0.29) is 0 Å². The van der Waals surface area contributed by atoms with E-state index in [1.54, 1.807) is 0 Å². The van der Waals surface area contributed by atoms with E-state index in [0.29, 0.717) is 12.0 Å². The fourth-order valence-corrected chi connectivity index (χ4v) is 2.23. The van der Waals surface area contributed by atoms with E-state index in [2.05, 4.69) is 27.7 Å². The molecule has 0 aromatic carbocycles. The predicted octanol–water partition coefficient (Wildman–Crippen LogP) is 3.09. The summed E-state index contributed by atoms with van der Waals surface area (Å²) in [6.45, 7) is 10.1. The summed E-state index contributed by atoms with van der Waals surface area (Å²) in [6.07, 6.45) is 3.13. The molecule has 1 nitrogen and oxygen atoms in total. The maximum atomic E-state index is 5.81. The minimum absolute atomic E-state index is 0.513. The lowest BCUT2D eigenvalue weighted by Crippen LogP contribution is -2.36. The van der Waals surface area contributed by atoms with Gasteiger partial charge in [-0.15, -0.1) is 0 Å². The molecular weight excluding hydrogens is 148 g/mol. The molecule has 0 aromatic heterocycles. The highest BCUT2D eigenvalue weighted by Gasteiger charge is 2.30. The van der Waals surface area contributed by atoms with Crippen LogP contribution in [-0.4, -0.2) is 12.7 Å². The van der Waals surface area contributed by atoms with Crippen molar-refractivity contribution in [2.75, 3.05) is 6.61 Å². The largest absolute Gasteiger partial charge is 0.378 e. The van der Waals surface area contributed by atoms with E-state index in [4.69, 9.17) is 4.74 Å². The second-order valence-electron chi connectivity index (χ2n) is 4.63. The summed E-state index contributed by atoms with van der Waals surface area (Å²) in [7, 11) is 0. The molecule has 1 aliphatic rings. The third kappa shape index (κ3) is 2.22. The Hall–Kier alpha value is -0.0400. The van der Waals surface area contributed by atoms with E-state index < -0.39 is 0 Å². The standard InChI is InChI=1S/C11H22O/c1-8(2)10-6-5-7-12-11(10)9(3)4/h8-11H,5-7H2,1-4H3/t10-,11-/m1/s1. The maximum absolute atomic E-state index is 5.81. The van der Waals surface area contributed by atoms with Crippen molar-refractivity contribution in [3.05, 3.63) is 0 Å². The van der Waals surface area contributed by atoms with Crippen LogP contribution in [-0.2, 0) is 4.74 Å². The summed E-state index contributed by atoms with van der Waals surface area (Å²) in [6, 6.07) is 0. The van der Waals surface area contributed by atoms with Crippen LogP contribution in [0.2, 0.25) is 0 Å².